The molecule has 1 fully saturated rings. The third-order valence-corrected chi connectivity index (χ3v) is 3.30. The summed E-state index contributed by atoms with van der Waals surface area (Å²) in [4.78, 5) is 13.9. The molecule has 1 aromatic rings. The molecule has 2 rings (SSSR count). The molecule has 0 aromatic heterocycles. The molecule has 1 aliphatic rings. The van der Waals surface area contributed by atoms with Crippen molar-refractivity contribution in [1.29, 1.82) is 0 Å². The first kappa shape index (κ1) is 12.7. The lowest BCUT2D eigenvalue weighted by Crippen LogP contribution is -2.37. The number of phenolic OH excluding ortho intramolecular Hbond substituents is 1. The van der Waals surface area contributed by atoms with Gasteiger partial charge in [-0.25, -0.2) is 0 Å². The van der Waals surface area contributed by atoms with Crippen molar-refractivity contribution in [2.75, 3.05) is 20.3 Å². The highest BCUT2D eigenvalue weighted by atomic mass is 16.5. The molecule has 0 aliphatic carbocycles. The fourth-order valence-corrected chi connectivity index (χ4v) is 2.31. The summed E-state index contributed by atoms with van der Waals surface area (Å²) < 4.78 is 4.98. The molecule has 18 heavy (non-hydrogen) atoms. The number of nitrogens with zero attached hydrogens (tertiary/aromatic N) is 1. The highest BCUT2D eigenvalue weighted by molar-refractivity contribution is 5.98. The fraction of sp³-hybridized carbons (Fsp3) is 0.462. The number of ether oxygens (including phenoxy) is 1. The minimum Gasteiger partial charge on any atom is -0.504 e. The van der Waals surface area contributed by atoms with Gasteiger partial charge in [0.2, 0.25) is 0 Å². The van der Waals surface area contributed by atoms with Crippen LogP contribution in [0.5, 0.6) is 11.5 Å². The number of hydrogen-bond acceptors (Lipinski definition) is 4. The molecule has 1 atom stereocenters. The van der Waals surface area contributed by atoms with Crippen molar-refractivity contribution in [2.45, 2.75) is 18.9 Å². The average Bonchev–Trinajstić information content (AvgIpc) is 2.86. The highest BCUT2D eigenvalue weighted by Gasteiger charge is 2.30. The number of benzene rings is 1. The number of aromatic hydroxyl groups is 1. The molecule has 5 heteroatoms. The zero-order valence-electron chi connectivity index (χ0n) is 10.3. The van der Waals surface area contributed by atoms with Gasteiger partial charge in [0.25, 0.3) is 5.91 Å². The van der Waals surface area contributed by atoms with Crippen molar-refractivity contribution < 1.29 is 19.7 Å². The summed E-state index contributed by atoms with van der Waals surface area (Å²) in [6, 6.07) is 4.67. The number of hydrogen-bond donors (Lipinski definition) is 2. The van der Waals surface area contributed by atoms with E-state index in [-0.39, 0.29) is 35.6 Å². The molecule has 0 bridgehead atoms. The third kappa shape index (κ3) is 2.13. The van der Waals surface area contributed by atoms with Gasteiger partial charge in [0.15, 0.2) is 11.5 Å². The maximum atomic E-state index is 12.3. The molecule has 1 unspecified atom stereocenters. The lowest BCUT2D eigenvalue weighted by atomic mass is 10.1. The number of methoxy groups -OCH3 is 1. The van der Waals surface area contributed by atoms with Crippen molar-refractivity contribution in [3.8, 4) is 11.5 Å². The van der Waals surface area contributed by atoms with Crippen LogP contribution in [0.25, 0.3) is 0 Å². The minimum atomic E-state index is -0.261. The Balaban J connectivity index is 2.28. The summed E-state index contributed by atoms with van der Waals surface area (Å²) in [5, 5.41) is 19.2. The number of amides is 1. The molecule has 0 radical (unpaired) electrons. The molecule has 1 aliphatic heterocycles. The predicted octanol–water partition coefficient (Wildman–Crippen LogP) is 0.998. The van der Waals surface area contributed by atoms with E-state index in [1.165, 1.54) is 7.11 Å². The molecule has 1 aromatic carbocycles. The molecule has 1 heterocycles. The SMILES string of the molecule is COc1cccc(C(=O)N2CCCC2CO)c1O. The van der Waals surface area contributed by atoms with Crippen LogP contribution < -0.4 is 4.74 Å². The van der Waals surface area contributed by atoms with Gasteiger partial charge < -0.3 is 19.8 Å². The van der Waals surface area contributed by atoms with E-state index < -0.39 is 0 Å². The van der Waals surface area contributed by atoms with Crippen molar-refractivity contribution in [1.82, 2.24) is 4.90 Å². The summed E-state index contributed by atoms with van der Waals surface area (Å²) in [6.45, 7) is 0.567. The lowest BCUT2D eigenvalue weighted by molar-refractivity contribution is 0.0674. The number of para-hydroxylation sites is 1. The summed E-state index contributed by atoms with van der Waals surface area (Å²) in [6.07, 6.45) is 1.68. The van der Waals surface area contributed by atoms with E-state index in [1.54, 1.807) is 23.1 Å². The molecule has 0 spiro atoms. The molecule has 1 saturated heterocycles. The largest absolute Gasteiger partial charge is 0.504 e. The van der Waals surface area contributed by atoms with E-state index in [0.717, 1.165) is 12.8 Å². The molecule has 1 amide bonds. The minimum absolute atomic E-state index is 0.0452. The fourth-order valence-electron chi connectivity index (χ4n) is 2.31. The van der Waals surface area contributed by atoms with E-state index in [1.807, 2.05) is 0 Å². The Morgan fingerprint density at radius 1 is 1.56 bits per heavy atom. The van der Waals surface area contributed by atoms with Crippen LogP contribution in [0.4, 0.5) is 0 Å². The summed E-state index contributed by atoms with van der Waals surface area (Å²) in [5.41, 5.74) is 0.217. The Hall–Kier alpha value is -1.75. The van der Waals surface area contributed by atoms with Gasteiger partial charge in [0.1, 0.15) is 0 Å². The maximum absolute atomic E-state index is 12.3. The second-order valence-electron chi connectivity index (χ2n) is 4.33. The van der Waals surface area contributed by atoms with Crippen LogP contribution in [0, 0.1) is 0 Å². The first-order chi connectivity index (χ1) is 8.69. The molecule has 5 nitrogen and oxygen atoms in total. The third-order valence-electron chi connectivity index (χ3n) is 3.30. The van der Waals surface area contributed by atoms with Gasteiger partial charge in [-0.1, -0.05) is 6.07 Å². The molecule has 98 valence electrons. The molecule has 0 saturated carbocycles. The van der Waals surface area contributed by atoms with Crippen LogP contribution in [-0.4, -0.2) is 47.3 Å². The van der Waals surface area contributed by atoms with Crippen LogP contribution in [0.1, 0.15) is 23.2 Å². The van der Waals surface area contributed by atoms with Crippen molar-refractivity contribution in [3.63, 3.8) is 0 Å². The van der Waals surface area contributed by atoms with E-state index in [0.29, 0.717) is 6.54 Å². The first-order valence-electron chi connectivity index (χ1n) is 5.96. The Kier molecular flexibility index (Phi) is 3.72. The Morgan fingerprint density at radius 3 is 3.00 bits per heavy atom. The standard InChI is InChI=1S/C13H17NO4/c1-18-11-6-2-5-10(12(11)16)13(17)14-7-3-4-9(14)8-15/h2,5-6,9,15-16H,3-4,7-8H2,1H3. The molecular formula is C13H17NO4. The average molecular weight is 251 g/mol. The number of rotatable bonds is 3. The number of carbonyl (C=O) groups is 1. The zero-order chi connectivity index (χ0) is 13.1. The summed E-state index contributed by atoms with van der Waals surface area (Å²) >= 11 is 0. The number of likely N-dealkylation sites (tertiary alicyclic amines) is 1. The summed E-state index contributed by atoms with van der Waals surface area (Å²) in [7, 11) is 1.44. The van der Waals surface area contributed by atoms with Crippen LogP contribution in [0.3, 0.4) is 0 Å². The monoisotopic (exact) mass is 251 g/mol. The first-order valence-corrected chi connectivity index (χ1v) is 5.96. The highest BCUT2D eigenvalue weighted by Crippen LogP contribution is 2.31. The number of aliphatic hydroxyl groups excluding tert-OH is 1. The number of aliphatic hydroxyl groups is 1. The maximum Gasteiger partial charge on any atom is 0.258 e. The van der Waals surface area contributed by atoms with Gasteiger partial charge >= 0.3 is 0 Å². The van der Waals surface area contributed by atoms with E-state index >= 15 is 0 Å². The summed E-state index contributed by atoms with van der Waals surface area (Å²) in [5.74, 6) is -0.128. The second-order valence-corrected chi connectivity index (χ2v) is 4.33. The van der Waals surface area contributed by atoms with E-state index in [4.69, 9.17) is 4.74 Å². The van der Waals surface area contributed by atoms with E-state index in [2.05, 4.69) is 0 Å². The van der Waals surface area contributed by atoms with Gasteiger partial charge in [-0.2, -0.15) is 0 Å². The van der Waals surface area contributed by atoms with Gasteiger partial charge in [-0.05, 0) is 25.0 Å². The van der Waals surface area contributed by atoms with E-state index in [9.17, 15) is 15.0 Å². The predicted molar refractivity (Wildman–Crippen MR) is 65.8 cm³/mol. The smallest absolute Gasteiger partial charge is 0.258 e. The van der Waals surface area contributed by atoms with Crippen LogP contribution in [-0.2, 0) is 0 Å². The Morgan fingerprint density at radius 2 is 2.33 bits per heavy atom. The quantitative estimate of drug-likeness (QED) is 0.840. The Labute approximate surface area is 106 Å². The molecule has 2 N–H and O–H groups in total. The zero-order valence-corrected chi connectivity index (χ0v) is 10.3. The second kappa shape index (κ2) is 5.27. The van der Waals surface area contributed by atoms with Gasteiger partial charge in [-0.15, -0.1) is 0 Å². The number of carbonyl (C=O) groups excluding carboxylic acids is 1. The van der Waals surface area contributed by atoms with Gasteiger partial charge in [-0.3, -0.25) is 4.79 Å². The van der Waals surface area contributed by atoms with Crippen LogP contribution >= 0.6 is 0 Å². The van der Waals surface area contributed by atoms with Crippen molar-refractivity contribution >= 4 is 5.91 Å². The van der Waals surface area contributed by atoms with Gasteiger partial charge in [0, 0.05) is 6.54 Å². The number of phenols is 1. The molecular weight excluding hydrogens is 234 g/mol. The van der Waals surface area contributed by atoms with Gasteiger partial charge in [0.05, 0.1) is 25.3 Å². The topological polar surface area (TPSA) is 70.0 Å². The Bertz CT molecular complexity index is 447. The van der Waals surface area contributed by atoms with Crippen LogP contribution in [0.15, 0.2) is 18.2 Å². The lowest BCUT2D eigenvalue weighted by Gasteiger charge is -2.23. The van der Waals surface area contributed by atoms with Crippen LogP contribution in [0.2, 0.25) is 0 Å². The van der Waals surface area contributed by atoms with Crippen molar-refractivity contribution in [2.24, 2.45) is 0 Å². The van der Waals surface area contributed by atoms with Crippen molar-refractivity contribution in [3.05, 3.63) is 23.8 Å². The normalized spacial score (nSPS) is 19.0.